The highest BCUT2D eigenvalue weighted by molar-refractivity contribution is 7.89. The number of sulfonamides is 1. The van der Waals surface area contributed by atoms with Crippen LogP contribution in [0.1, 0.15) is 71.4 Å². The first kappa shape index (κ1) is 32.3. The molecule has 13 heteroatoms. The monoisotopic (exact) mass is 640 g/mol. The molecule has 3 saturated carbocycles. The molecule has 6 rings (SSSR count). The predicted molar refractivity (Wildman–Crippen MR) is 155 cm³/mol. The van der Waals surface area contributed by atoms with Gasteiger partial charge in [-0.2, -0.15) is 17.5 Å². The zero-order chi connectivity index (χ0) is 32.6. The Kier molecular flexibility index (Phi) is 7.52. The van der Waals surface area contributed by atoms with Crippen molar-refractivity contribution in [2.75, 3.05) is 6.54 Å². The molecule has 2 aromatic rings. The third kappa shape index (κ3) is 5.50. The molecular weight excluding hydrogens is 603 g/mol. The van der Waals surface area contributed by atoms with E-state index in [0.717, 1.165) is 24.3 Å². The second-order valence-corrected chi connectivity index (χ2v) is 15.6. The molecule has 1 aliphatic heterocycles. The minimum Gasteiger partial charge on any atom is -0.365 e. The van der Waals surface area contributed by atoms with Crippen molar-refractivity contribution in [2.45, 2.75) is 100 Å². The summed E-state index contributed by atoms with van der Waals surface area (Å²) in [5.41, 5.74) is -5.24. The molecule has 2 bridgehead atoms. The van der Waals surface area contributed by atoms with Gasteiger partial charge in [-0.3, -0.25) is 9.79 Å². The zero-order valence-corrected chi connectivity index (χ0v) is 26.1. The molecule has 2 N–H and O–H groups in total. The standard InChI is InChI=1S/C31H37F5N4O3S/c1-26(2,33)14-15-37-25(41)28(5)27(3,4)38-24(39-28)29-17-30(18-29,19-29)40(44(42,43)23-12-10-22(32)11-13-23)16-20-6-8-21(9-7-20)31(34,35)36/h6-13H,14-19H2,1-5H3,(H,37,41)(H,38,39)/t28-,29?,30?/m0/s1. The van der Waals surface area contributed by atoms with Gasteiger partial charge in [0.05, 0.1) is 16.0 Å². The first-order chi connectivity index (χ1) is 20.1. The Hall–Kier alpha value is -3.06. The lowest BCUT2D eigenvalue weighted by molar-refractivity contribution is -0.151. The van der Waals surface area contributed by atoms with E-state index in [-0.39, 0.29) is 30.3 Å². The lowest BCUT2D eigenvalue weighted by Crippen LogP contribution is -2.78. The SMILES string of the molecule is CC(C)(F)CCNC(=O)[C@]1(C)N=C(C23CC(N(Cc4ccc(C(F)(F)F)cc4)S(=O)(=O)c4ccc(F)cc4)(C2)C3)NC1(C)C. The molecule has 0 spiro atoms. The van der Waals surface area contributed by atoms with E-state index in [2.05, 4.69) is 10.6 Å². The van der Waals surface area contributed by atoms with E-state index in [4.69, 9.17) is 4.99 Å². The summed E-state index contributed by atoms with van der Waals surface area (Å²) in [6.07, 6.45) is -3.23. The highest BCUT2D eigenvalue weighted by Crippen LogP contribution is 2.72. The van der Waals surface area contributed by atoms with Crippen molar-refractivity contribution in [2.24, 2.45) is 10.4 Å². The smallest absolute Gasteiger partial charge is 0.365 e. The molecule has 0 radical (unpaired) electrons. The van der Waals surface area contributed by atoms with Crippen molar-refractivity contribution < 1.29 is 35.2 Å². The fraction of sp³-hybridized carbons (Fsp3) is 0.548. The molecule has 0 saturated heterocycles. The van der Waals surface area contributed by atoms with Crippen molar-refractivity contribution in [3.05, 3.63) is 65.5 Å². The Bertz CT molecular complexity index is 1560. The van der Waals surface area contributed by atoms with E-state index in [9.17, 15) is 35.2 Å². The molecule has 44 heavy (non-hydrogen) atoms. The van der Waals surface area contributed by atoms with Crippen LogP contribution < -0.4 is 10.6 Å². The average molecular weight is 641 g/mol. The number of carbonyl (C=O) groups excluding carboxylic acids is 1. The second-order valence-electron chi connectivity index (χ2n) is 13.7. The number of nitrogens with zero attached hydrogens (tertiary/aromatic N) is 2. The summed E-state index contributed by atoms with van der Waals surface area (Å²) in [5.74, 6) is -0.351. The van der Waals surface area contributed by atoms with E-state index in [1.807, 2.05) is 13.8 Å². The Labute approximate surface area is 254 Å². The maximum atomic E-state index is 14.0. The fourth-order valence-corrected chi connectivity index (χ4v) is 8.25. The maximum absolute atomic E-state index is 14.0. The number of amidine groups is 1. The number of nitrogens with one attached hydrogen (secondary N) is 2. The summed E-state index contributed by atoms with van der Waals surface area (Å²) in [4.78, 5) is 18.0. The number of carbonyl (C=O) groups is 1. The number of alkyl halides is 4. The molecule has 240 valence electrons. The van der Waals surface area contributed by atoms with Crippen molar-refractivity contribution in [1.82, 2.24) is 14.9 Å². The molecule has 3 fully saturated rings. The van der Waals surface area contributed by atoms with E-state index >= 15 is 0 Å². The minimum absolute atomic E-state index is 0.122. The van der Waals surface area contributed by atoms with Crippen LogP contribution in [0.3, 0.4) is 0 Å². The number of benzene rings is 2. The van der Waals surface area contributed by atoms with Crippen LogP contribution in [0.5, 0.6) is 0 Å². The summed E-state index contributed by atoms with van der Waals surface area (Å²) < 4.78 is 96.2. The highest BCUT2D eigenvalue weighted by Gasteiger charge is 2.75. The Morgan fingerprint density at radius 1 is 0.977 bits per heavy atom. The van der Waals surface area contributed by atoms with E-state index in [1.165, 1.54) is 42.4 Å². The molecule has 3 aliphatic carbocycles. The van der Waals surface area contributed by atoms with Gasteiger partial charge in [0.1, 0.15) is 17.3 Å². The first-order valence-electron chi connectivity index (χ1n) is 14.4. The Morgan fingerprint density at radius 2 is 1.55 bits per heavy atom. The lowest BCUT2D eigenvalue weighted by atomic mass is 9.38. The largest absolute Gasteiger partial charge is 0.416 e. The molecular formula is C31H37F5N4O3S. The summed E-state index contributed by atoms with van der Waals surface area (Å²) >= 11 is 0. The highest BCUT2D eigenvalue weighted by atomic mass is 32.2. The lowest BCUT2D eigenvalue weighted by Gasteiger charge is -2.73. The van der Waals surface area contributed by atoms with Crippen molar-refractivity contribution in [3.8, 4) is 0 Å². The summed E-state index contributed by atoms with van der Waals surface area (Å²) in [6, 6.07) is 8.80. The van der Waals surface area contributed by atoms with Crippen LogP contribution >= 0.6 is 0 Å². The third-order valence-corrected chi connectivity index (χ3v) is 11.4. The molecule has 1 atom stereocenters. The number of hydrogen-bond donors (Lipinski definition) is 2. The van der Waals surface area contributed by atoms with Gasteiger partial charge in [-0.1, -0.05) is 12.1 Å². The fourth-order valence-electron chi connectivity index (χ4n) is 6.50. The van der Waals surface area contributed by atoms with Gasteiger partial charge in [-0.25, -0.2) is 17.2 Å². The molecule has 2 aromatic carbocycles. The van der Waals surface area contributed by atoms with Gasteiger partial charge in [0.25, 0.3) is 0 Å². The zero-order valence-electron chi connectivity index (χ0n) is 25.3. The number of amides is 1. The van der Waals surface area contributed by atoms with Crippen molar-refractivity contribution in [3.63, 3.8) is 0 Å². The Balaban J connectivity index is 1.40. The molecule has 1 heterocycles. The van der Waals surface area contributed by atoms with Crippen LogP contribution in [0.25, 0.3) is 0 Å². The summed E-state index contributed by atoms with van der Waals surface area (Å²) in [7, 11) is -4.18. The normalized spacial score (nSPS) is 27.7. The van der Waals surface area contributed by atoms with Crippen molar-refractivity contribution in [1.29, 1.82) is 0 Å². The van der Waals surface area contributed by atoms with Gasteiger partial charge < -0.3 is 10.6 Å². The number of aliphatic imine (C=N–C) groups is 1. The Morgan fingerprint density at radius 3 is 2.07 bits per heavy atom. The third-order valence-electron chi connectivity index (χ3n) is 9.47. The molecule has 0 unspecified atom stereocenters. The summed E-state index contributed by atoms with van der Waals surface area (Å²) in [5, 5.41) is 6.19. The molecule has 0 aromatic heterocycles. The maximum Gasteiger partial charge on any atom is 0.416 e. The minimum atomic E-state index is -4.53. The van der Waals surface area contributed by atoms with Crippen LogP contribution in [-0.2, 0) is 27.5 Å². The van der Waals surface area contributed by atoms with Gasteiger partial charge in [0.15, 0.2) is 5.54 Å². The van der Waals surface area contributed by atoms with E-state index in [0.29, 0.717) is 30.7 Å². The second kappa shape index (κ2) is 10.2. The van der Waals surface area contributed by atoms with Crippen LogP contribution in [0.15, 0.2) is 58.4 Å². The van der Waals surface area contributed by atoms with Gasteiger partial charge in [0.2, 0.25) is 15.9 Å². The quantitative estimate of drug-likeness (QED) is 0.324. The first-order valence-corrected chi connectivity index (χ1v) is 15.9. The van der Waals surface area contributed by atoms with Crippen molar-refractivity contribution >= 4 is 21.8 Å². The average Bonchev–Trinajstić information content (AvgIpc) is 3.10. The molecule has 1 amide bonds. The van der Waals surface area contributed by atoms with E-state index < -0.39 is 55.3 Å². The predicted octanol–water partition coefficient (Wildman–Crippen LogP) is 5.75. The number of hydrogen-bond acceptors (Lipinski definition) is 5. The van der Waals surface area contributed by atoms with Gasteiger partial charge in [-0.05, 0) is 102 Å². The van der Waals surface area contributed by atoms with Gasteiger partial charge in [-0.15, -0.1) is 0 Å². The van der Waals surface area contributed by atoms with E-state index in [1.54, 1.807) is 6.92 Å². The molecule has 7 nitrogen and oxygen atoms in total. The summed E-state index contributed by atoms with van der Waals surface area (Å²) in [6.45, 7) is 8.25. The van der Waals surface area contributed by atoms with Crippen LogP contribution in [0.4, 0.5) is 22.0 Å². The van der Waals surface area contributed by atoms with Crippen LogP contribution in [0.2, 0.25) is 0 Å². The topological polar surface area (TPSA) is 90.9 Å². The van der Waals surface area contributed by atoms with Gasteiger partial charge in [0, 0.05) is 24.0 Å². The number of rotatable bonds is 10. The van der Waals surface area contributed by atoms with Crippen LogP contribution in [0, 0.1) is 11.2 Å². The number of halogens is 5. The van der Waals surface area contributed by atoms with Gasteiger partial charge >= 0.3 is 6.18 Å². The van der Waals surface area contributed by atoms with Crippen LogP contribution in [-0.4, -0.2) is 53.3 Å². The molecule has 4 aliphatic rings.